The second-order valence-electron chi connectivity index (χ2n) is 4.21. The molecule has 5 heteroatoms. The van der Waals surface area contributed by atoms with Crippen LogP contribution in [-0.4, -0.2) is 9.55 Å². The highest BCUT2D eigenvalue weighted by Gasteiger charge is 2.21. The Labute approximate surface area is 95.5 Å². The molecule has 1 aliphatic carbocycles. The van der Waals surface area contributed by atoms with E-state index in [2.05, 4.69) is 4.98 Å². The van der Waals surface area contributed by atoms with Crippen molar-refractivity contribution in [1.82, 2.24) is 9.55 Å². The van der Waals surface area contributed by atoms with Crippen LogP contribution in [0.5, 0.6) is 0 Å². The van der Waals surface area contributed by atoms with E-state index in [-0.39, 0.29) is 17.3 Å². The number of aromatic amines is 1. The molecule has 84 valence electrons. The summed E-state index contributed by atoms with van der Waals surface area (Å²) in [4.78, 5) is 26.8. The van der Waals surface area contributed by atoms with E-state index in [4.69, 9.17) is 0 Å². The van der Waals surface area contributed by atoms with Crippen molar-refractivity contribution in [1.29, 1.82) is 0 Å². The second kappa shape index (κ2) is 3.59. The average Bonchev–Trinajstić information content (AvgIpc) is 2.87. The number of rotatable bonds is 1. The van der Waals surface area contributed by atoms with E-state index < -0.39 is 0 Å². The van der Waals surface area contributed by atoms with Gasteiger partial charge in [-0.1, -0.05) is 12.8 Å². The van der Waals surface area contributed by atoms with E-state index in [1.807, 2.05) is 5.38 Å². The molecule has 0 unspecified atom stereocenters. The standard InChI is InChI=1S/C11H12N2O2S/c14-10-9-8(5-6-16-9)12-11(15)13(10)7-3-1-2-4-7/h5-7H,1-4H2,(H,12,15). The van der Waals surface area contributed by atoms with Crippen molar-refractivity contribution >= 4 is 21.6 Å². The highest BCUT2D eigenvalue weighted by molar-refractivity contribution is 7.17. The number of nitrogens with zero attached hydrogens (tertiary/aromatic N) is 1. The molecule has 0 saturated heterocycles. The van der Waals surface area contributed by atoms with Crippen LogP contribution in [0.1, 0.15) is 31.7 Å². The number of thiophene rings is 1. The smallest absolute Gasteiger partial charge is 0.306 e. The zero-order valence-corrected chi connectivity index (χ0v) is 9.55. The van der Waals surface area contributed by atoms with Crippen molar-refractivity contribution in [2.75, 3.05) is 0 Å². The van der Waals surface area contributed by atoms with E-state index in [9.17, 15) is 9.59 Å². The largest absolute Gasteiger partial charge is 0.329 e. The van der Waals surface area contributed by atoms with E-state index >= 15 is 0 Å². The molecule has 4 nitrogen and oxygen atoms in total. The minimum Gasteiger partial charge on any atom is -0.306 e. The lowest BCUT2D eigenvalue weighted by molar-refractivity contribution is 0.483. The van der Waals surface area contributed by atoms with Crippen molar-refractivity contribution in [3.8, 4) is 0 Å². The molecule has 0 atom stereocenters. The fraction of sp³-hybridized carbons (Fsp3) is 0.455. The Kier molecular flexibility index (Phi) is 2.21. The van der Waals surface area contributed by atoms with Gasteiger partial charge in [0.2, 0.25) is 0 Å². The zero-order valence-electron chi connectivity index (χ0n) is 8.73. The summed E-state index contributed by atoms with van der Waals surface area (Å²) in [5.41, 5.74) is 0.276. The van der Waals surface area contributed by atoms with Crippen LogP contribution in [0.15, 0.2) is 21.0 Å². The van der Waals surface area contributed by atoms with Gasteiger partial charge in [0.15, 0.2) is 0 Å². The van der Waals surface area contributed by atoms with Crippen LogP contribution in [-0.2, 0) is 0 Å². The zero-order chi connectivity index (χ0) is 11.1. The lowest BCUT2D eigenvalue weighted by Gasteiger charge is -2.11. The van der Waals surface area contributed by atoms with Gasteiger partial charge in [-0.15, -0.1) is 11.3 Å². The predicted octanol–water partition coefficient (Wildman–Crippen LogP) is 1.87. The summed E-state index contributed by atoms with van der Waals surface area (Å²) in [6.07, 6.45) is 4.11. The summed E-state index contributed by atoms with van der Waals surface area (Å²) in [6.45, 7) is 0. The first kappa shape index (κ1) is 9.84. The number of fused-ring (bicyclic) bond motifs is 1. The molecule has 16 heavy (non-hydrogen) atoms. The number of hydrogen-bond acceptors (Lipinski definition) is 3. The normalized spacial score (nSPS) is 17.2. The molecule has 2 heterocycles. The second-order valence-corrected chi connectivity index (χ2v) is 5.12. The van der Waals surface area contributed by atoms with E-state index in [0.29, 0.717) is 10.2 Å². The Hall–Kier alpha value is -1.36. The molecule has 0 radical (unpaired) electrons. The van der Waals surface area contributed by atoms with Crippen LogP contribution in [0.3, 0.4) is 0 Å². The van der Waals surface area contributed by atoms with Crippen LogP contribution < -0.4 is 11.2 Å². The van der Waals surface area contributed by atoms with Gasteiger partial charge in [0, 0.05) is 6.04 Å². The summed E-state index contributed by atoms with van der Waals surface area (Å²) < 4.78 is 2.07. The maximum Gasteiger partial charge on any atom is 0.329 e. The Balaban J connectivity index is 2.30. The molecule has 1 saturated carbocycles. The van der Waals surface area contributed by atoms with Crippen molar-refractivity contribution in [3.63, 3.8) is 0 Å². The molecule has 0 aromatic carbocycles. The fourth-order valence-corrected chi connectivity index (χ4v) is 3.23. The first-order chi connectivity index (χ1) is 7.77. The molecule has 0 aliphatic heterocycles. The van der Waals surface area contributed by atoms with Gasteiger partial charge >= 0.3 is 5.69 Å². The van der Waals surface area contributed by atoms with Crippen LogP contribution in [0, 0.1) is 0 Å². The molecule has 0 bridgehead atoms. The Morgan fingerprint density at radius 3 is 2.81 bits per heavy atom. The Morgan fingerprint density at radius 2 is 2.06 bits per heavy atom. The molecule has 0 amide bonds. The molecule has 1 fully saturated rings. The molecule has 2 aromatic heterocycles. The van der Waals surface area contributed by atoms with Gasteiger partial charge < -0.3 is 4.98 Å². The molecule has 3 rings (SSSR count). The lowest BCUT2D eigenvalue weighted by atomic mass is 10.2. The van der Waals surface area contributed by atoms with Crippen molar-refractivity contribution in [3.05, 3.63) is 32.3 Å². The number of H-pyrrole nitrogens is 1. The molecular formula is C11H12N2O2S. The maximum atomic E-state index is 12.2. The quantitative estimate of drug-likeness (QED) is 0.821. The predicted molar refractivity (Wildman–Crippen MR) is 64.2 cm³/mol. The minimum atomic E-state index is -0.261. The summed E-state index contributed by atoms with van der Waals surface area (Å²) in [7, 11) is 0. The van der Waals surface area contributed by atoms with Crippen LogP contribution in [0.25, 0.3) is 10.2 Å². The van der Waals surface area contributed by atoms with Crippen molar-refractivity contribution in [2.24, 2.45) is 0 Å². The van der Waals surface area contributed by atoms with Gasteiger partial charge in [-0.05, 0) is 24.3 Å². The van der Waals surface area contributed by atoms with E-state index in [0.717, 1.165) is 25.7 Å². The van der Waals surface area contributed by atoms with E-state index in [1.54, 1.807) is 6.07 Å². The Bertz CT molecular complexity index is 631. The van der Waals surface area contributed by atoms with Crippen LogP contribution in [0.2, 0.25) is 0 Å². The Morgan fingerprint density at radius 1 is 1.31 bits per heavy atom. The summed E-state index contributed by atoms with van der Waals surface area (Å²) >= 11 is 1.39. The first-order valence-electron chi connectivity index (χ1n) is 5.49. The summed E-state index contributed by atoms with van der Waals surface area (Å²) in [5, 5.41) is 1.83. The third kappa shape index (κ3) is 1.35. The van der Waals surface area contributed by atoms with Gasteiger partial charge in [0.1, 0.15) is 4.70 Å². The SMILES string of the molecule is O=c1[nH]c2ccsc2c(=O)n1C1CCCC1. The third-order valence-electron chi connectivity index (χ3n) is 3.23. The highest BCUT2D eigenvalue weighted by Crippen LogP contribution is 2.27. The van der Waals surface area contributed by atoms with E-state index in [1.165, 1.54) is 15.9 Å². The van der Waals surface area contributed by atoms with Crippen LogP contribution >= 0.6 is 11.3 Å². The third-order valence-corrected chi connectivity index (χ3v) is 4.13. The molecule has 1 N–H and O–H groups in total. The van der Waals surface area contributed by atoms with Gasteiger partial charge in [0.05, 0.1) is 5.52 Å². The topological polar surface area (TPSA) is 54.9 Å². The number of hydrogen-bond donors (Lipinski definition) is 1. The molecule has 1 aliphatic rings. The molecular weight excluding hydrogens is 224 g/mol. The minimum absolute atomic E-state index is 0.0998. The van der Waals surface area contributed by atoms with Gasteiger partial charge in [-0.2, -0.15) is 0 Å². The number of nitrogens with one attached hydrogen (secondary N) is 1. The lowest BCUT2D eigenvalue weighted by Crippen LogP contribution is -2.36. The average molecular weight is 236 g/mol. The van der Waals surface area contributed by atoms with Crippen molar-refractivity contribution in [2.45, 2.75) is 31.7 Å². The van der Waals surface area contributed by atoms with Gasteiger partial charge in [-0.3, -0.25) is 9.36 Å². The summed E-state index contributed by atoms with van der Waals surface area (Å²) in [6, 6.07) is 1.88. The van der Waals surface area contributed by atoms with Crippen LogP contribution in [0.4, 0.5) is 0 Å². The van der Waals surface area contributed by atoms with Crippen molar-refractivity contribution < 1.29 is 0 Å². The first-order valence-corrected chi connectivity index (χ1v) is 6.37. The highest BCUT2D eigenvalue weighted by atomic mass is 32.1. The fourth-order valence-electron chi connectivity index (χ4n) is 2.44. The maximum absolute atomic E-state index is 12.2. The molecule has 2 aromatic rings. The van der Waals surface area contributed by atoms with Gasteiger partial charge in [0.25, 0.3) is 5.56 Å². The summed E-state index contributed by atoms with van der Waals surface area (Å²) in [5.74, 6) is 0. The molecule has 0 spiro atoms. The number of aromatic nitrogens is 2. The van der Waals surface area contributed by atoms with Gasteiger partial charge in [-0.25, -0.2) is 4.79 Å². The monoisotopic (exact) mass is 236 g/mol.